The number of carbonyl (C=O) groups excluding carboxylic acids is 2. The van der Waals surface area contributed by atoms with Crippen molar-refractivity contribution in [3.63, 3.8) is 0 Å². The molecule has 3 rings (SSSR count). The topological polar surface area (TPSA) is 63.1 Å². The highest BCUT2D eigenvalue weighted by Gasteiger charge is 2.23. The van der Waals surface area contributed by atoms with Gasteiger partial charge in [-0.1, -0.05) is 36.4 Å². The standard InChI is InChI=1S/C20H25N3O3S/c1-22(15-19(25)23-9-11-26-12-10-23)14-18(24)21-20(17-8-5-13-27-17)16-6-3-2-4-7-16/h2-8,13,20H,9-12,14-15H2,1H3,(H,21,24)/p+1/t20-/m0/s1. The Balaban J connectivity index is 1.56. The number of morpholine rings is 1. The maximum absolute atomic E-state index is 12.6. The third-order valence-corrected chi connectivity index (χ3v) is 5.48. The van der Waals surface area contributed by atoms with Gasteiger partial charge in [0.1, 0.15) is 0 Å². The average Bonchev–Trinajstić information content (AvgIpc) is 3.22. The van der Waals surface area contributed by atoms with Crippen LogP contribution in [-0.2, 0) is 14.3 Å². The quantitative estimate of drug-likeness (QED) is 0.719. The Labute approximate surface area is 163 Å². The molecule has 1 fully saturated rings. The Kier molecular flexibility index (Phi) is 6.98. The number of hydrogen-bond donors (Lipinski definition) is 2. The number of hydrogen-bond acceptors (Lipinski definition) is 4. The van der Waals surface area contributed by atoms with E-state index < -0.39 is 0 Å². The van der Waals surface area contributed by atoms with E-state index in [4.69, 9.17) is 4.74 Å². The summed E-state index contributed by atoms with van der Waals surface area (Å²) in [4.78, 5) is 28.7. The van der Waals surface area contributed by atoms with Gasteiger partial charge in [-0.05, 0) is 17.0 Å². The molecule has 27 heavy (non-hydrogen) atoms. The highest BCUT2D eigenvalue weighted by Crippen LogP contribution is 2.25. The third kappa shape index (κ3) is 5.63. The second-order valence-corrected chi connectivity index (χ2v) is 7.71. The van der Waals surface area contributed by atoms with Crippen molar-refractivity contribution < 1.29 is 19.2 Å². The van der Waals surface area contributed by atoms with E-state index in [1.54, 1.807) is 11.3 Å². The Morgan fingerprint density at radius 1 is 1.15 bits per heavy atom. The van der Waals surface area contributed by atoms with Gasteiger partial charge >= 0.3 is 0 Å². The van der Waals surface area contributed by atoms with Crippen molar-refractivity contribution in [3.8, 4) is 0 Å². The number of likely N-dealkylation sites (N-methyl/N-ethyl adjacent to an activating group) is 1. The molecular formula is C20H26N3O3S+. The van der Waals surface area contributed by atoms with Crippen molar-refractivity contribution in [1.29, 1.82) is 0 Å². The number of quaternary nitrogens is 1. The van der Waals surface area contributed by atoms with Crippen molar-refractivity contribution in [2.75, 3.05) is 46.4 Å². The van der Waals surface area contributed by atoms with Crippen LogP contribution in [-0.4, -0.2) is 63.2 Å². The Bertz CT molecular complexity index is 730. The van der Waals surface area contributed by atoms with E-state index in [0.29, 0.717) is 32.8 Å². The minimum Gasteiger partial charge on any atom is -0.378 e. The third-order valence-electron chi connectivity index (χ3n) is 4.55. The number of ether oxygens (including phenoxy) is 1. The second kappa shape index (κ2) is 9.64. The van der Waals surface area contributed by atoms with Gasteiger partial charge in [-0.2, -0.15) is 0 Å². The molecule has 0 radical (unpaired) electrons. The zero-order valence-corrected chi connectivity index (χ0v) is 16.3. The number of benzene rings is 1. The van der Waals surface area contributed by atoms with E-state index in [1.807, 2.05) is 59.8 Å². The molecule has 6 nitrogen and oxygen atoms in total. The van der Waals surface area contributed by atoms with Crippen molar-refractivity contribution in [2.45, 2.75) is 6.04 Å². The van der Waals surface area contributed by atoms with Crippen LogP contribution in [0.5, 0.6) is 0 Å². The summed E-state index contributed by atoms with van der Waals surface area (Å²) >= 11 is 1.62. The molecule has 2 atom stereocenters. The van der Waals surface area contributed by atoms with Crippen LogP contribution >= 0.6 is 11.3 Å². The van der Waals surface area contributed by atoms with E-state index >= 15 is 0 Å². The first kappa shape index (κ1) is 19.5. The first-order valence-electron chi connectivity index (χ1n) is 9.18. The summed E-state index contributed by atoms with van der Waals surface area (Å²) in [7, 11) is 1.88. The number of thiophene rings is 1. The van der Waals surface area contributed by atoms with Gasteiger partial charge in [0, 0.05) is 18.0 Å². The lowest BCUT2D eigenvalue weighted by Gasteiger charge is -2.27. The SMILES string of the molecule is C[NH+](CC(=O)N[C@@H](c1ccccc1)c1cccs1)CC(=O)N1CCOCC1. The summed E-state index contributed by atoms with van der Waals surface area (Å²) in [6, 6.07) is 13.8. The zero-order chi connectivity index (χ0) is 19.1. The maximum Gasteiger partial charge on any atom is 0.277 e. The second-order valence-electron chi connectivity index (χ2n) is 6.73. The fourth-order valence-electron chi connectivity index (χ4n) is 3.15. The molecule has 2 heterocycles. The van der Waals surface area contributed by atoms with E-state index in [1.165, 1.54) is 0 Å². The molecule has 1 aromatic heterocycles. The van der Waals surface area contributed by atoms with Crippen molar-refractivity contribution in [1.82, 2.24) is 10.2 Å². The van der Waals surface area contributed by atoms with Gasteiger partial charge in [0.25, 0.3) is 11.8 Å². The molecular weight excluding hydrogens is 362 g/mol. The number of amides is 2. The van der Waals surface area contributed by atoms with Crippen LogP contribution in [0.15, 0.2) is 47.8 Å². The molecule has 7 heteroatoms. The smallest absolute Gasteiger partial charge is 0.277 e. The summed E-state index contributed by atoms with van der Waals surface area (Å²) in [6.45, 7) is 3.00. The number of rotatable bonds is 7. The fourth-order valence-corrected chi connectivity index (χ4v) is 3.95. The average molecular weight is 389 g/mol. The molecule has 0 bridgehead atoms. The van der Waals surface area contributed by atoms with Crippen LogP contribution in [0.2, 0.25) is 0 Å². The van der Waals surface area contributed by atoms with Gasteiger partial charge < -0.3 is 19.9 Å². The lowest BCUT2D eigenvalue weighted by molar-refractivity contribution is -0.863. The molecule has 2 aromatic rings. The predicted molar refractivity (Wildman–Crippen MR) is 105 cm³/mol. The van der Waals surface area contributed by atoms with Gasteiger partial charge in [-0.25, -0.2) is 0 Å². The normalized spacial score (nSPS) is 16.6. The van der Waals surface area contributed by atoms with E-state index in [0.717, 1.165) is 15.3 Å². The lowest BCUT2D eigenvalue weighted by atomic mass is 10.1. The van der Waals surface area contributed by atoms with Crippen LogP contribution in [0.25, 0.3) is 0 Å². The molecule has 0 aliphatic carbocycles. The van der Waals surface area contributed by atoms with Crippen LogP contribution in [0.3, 0.4) is 0 Å². The minimum absolute atomic E-state index is 0.0652. The van der Waals surface area contributed by atoms with Crippen LogP contribution in [0, 0.1) is 0 Å². The van der Waals surface area contributed by atoms with Crippen molar-refractivity contribution in [3.05, 3.63) is 58.3 Å². The predicted octanol–water partition coefficient (Wildman–Crippen LogP) is 0.327. The first-order valence-corrected chi connectivity index (χ1v) is 10.1. The van der Waals surface area contributed by atoms with Gasteiger partial charge in [0.15, 0.2) is 13.1 Å². The molecule has 1 aromatic carbocycles. The highest BCUT2D eigenvalue weighted by atomic mass is 32.1. The Morgan fingerprint density at radius 2 is 1.89 bits per heavy atom. The Hall–Kier alpha value is -2.22. The summed E-state index contributed by atoms with van der Waals surface area (Å²) < 4.78 is 5.28. The molecule has 1 aliphatic heterocycles. The number of nitrogens with one attached hydrogen (secondary N) is 2. The molecule has 1 unspecified atom stereocenters. The number of nitrogens with zero attached hydrogens (tertiary/aromatic N) is 1. The molecule has 2 amide bonds. The van der Waals surface area contributed by atoms with Crippen molar-refractivity contribution in [2.24, 2.45) is 0 Å². The van der Waals surface area contributed by atoms with Gasteiger partial charge in [0.05, 0.1) is 26.3 Å². The summed E-state index contributed by atoms with van der Waals surface area (Å²) in [5.74, 6) is 0.00555. The van der Waals surface area contributed by atoms with Gasteiger partial charge in [-0.3, -0.25) is 9.59 Å². The molecule has 1 aliphatic rings. The van der Waals surface area contributed by atoms with Crippen molar-refractivity contribution >= 4 is 23.2 Å². The fraction of sp³-hybridized carbons (Fsp3) is 0.400. The van der Waals surface area contributed by atoms with E-state index in [2.05, 4.69) is 5.32 Å². The Morgan fingerprint density at radius 3 is 2.56 bits per heavy atom. The van der Waals surface area contributed by atoms with Gasteiger partial charge in [0.2, 0.25) is 0 Å². The molecule has 144 valence electrons. The molecule has 1 saturated heterocycles. The zero-order valence-electron chi connectivity index (χ0n) is 15.5. The monoisotopic (exact) mass is 388 g/mol. The summed E-state index contributed by atoms with van der Waals surface area (Å²) in [5.41, 5.74) is 1.05. The summed E-state index contributed by atoms with van der Waals surface area (Å²) in [5, 5.41) is 5.13. The number of carbonyl (C=O) groups is 2. The molecule has 2 N–H and O–H groups in total. The highest BCUT2D eigenvalue weighted by molar-refractivity contribution is 7.10. The van der Waals surface area contributed by atoms with E-state index in [9.17, 15) is 9.59 Å². The van der Waals surface area contributed by atoms with E-state index in [-0.39, 0.29) is 24.4 Å². The minimum atomic E-state index is -0.165. The first-order chi connectivity index (χ1) is 13.1. The maximum atomic E-state index is 12.6. The molecule has 0 saturated carbocycles. The summed E-state index contributed by atoms with van der Waals surface area (Å²) in [6.07, 6.45) is 0. The van der Waals surface area contributed by atoms with Crippen LogP contribution in [0.4, 0.5) is 0 Å². The molecule has 0 spiro atoms. The van der Waals surface area contributed by atoms with Gasteiger partial charge in [-0.15, -0.1) is 11.3 Å². The van der Waals surface area contributed by atoms with Crippen LogP contribution < -0.4 is 10.2 Å². The lowest BCUT2D eigenvalue weighted by Crippen LogP contribution is -3.11. The largest absolute Gasteiger partial charge is 0.378 e. The van der Waals surface area contributed by atoms with Crippen LogP contribution in [0.1, 0.15) is 16.5 Å².